The van der Waals surface area contributed by atoms with E-state index in [2.05, 4.69) is 20.7 Å². The Morgan fingerprint density at radius 3 is 2.67 bits per heavy atom. The summed E-state index contributed by atoms with van der Waals surface area (Å²) in [4.78, 5) is 0. The van der Waals surface area contributed by atoms with Gasteiger partial charge >= 0.3 is 0 Å². The molecule has 1 aromatic rings. The first kappa shape index (κ1) is 9.32. The summed E-state index contributed by atoms with van der Waals surface area (Å²) in [6, 6.07) is 1.29. The molecule has 4 heteroatoms. The van der Waals surface area contributed by atoms with E-state index in [1.165, 1.54) is 13.2 Å². The van der Waals surface area contributed by atoms with Crippen LogP contribution in [-0.2, 0) is 0 Å². The van der Waals surface area contributed by atoms with E-state index < -0.39 is 5.82 Å². The zero-order valence-electron chi connectivity index (χ0n) is 6.69. The van der Waals surface area contributed by atoms with Crippen molar-refractivity contribution < 1.29 is 14.2 Å². The lowest BCUT2D eigenvalue weighted by atomic mass is 10.2. The molecule has 1 rings (SSSR count). The van der Waals surface area contributed by atoms with Gasteiger partial charge in [-0.1, -0.05) is 0 Å². The van der Waals surface area contributed by atoms with Crippen molar-refractivity contribution in [3.63, 3.8) is 0 Å². The Morgan fingerprint density at radius 1 is 1.58 bits per heavy atom. The molecule has 0 aliphatic rings. The van der Waals surface area contributed by atoms with Crippen LogP contribution in [0.5, 0.6) is 11.5 Å². The van der Waals surface area contributed by atoms with E-state index in [0.29, 0.717) is 10.0 Å². The second-order valence-corrected chi connectivity index (χ2v) is 3.16. The lowest BCUT2D eigenvalue weighted by molar-refractivity contribution is 0.349. The van der Waals surface area contributed by atoms with Crippen LogP contribution >= 0.6 is 15.9 Å². The fraction of sp³-hybridized carbons (Fsp3) is 0.250. The van der Waals surface area contributed by atoms with Gasteiger partial charge in [0.05, 0.1) is 11.6 Å². The van der Waals surface area contributed by atoms with Crippen LogP contribution < -0.4 is 4.74 Å². The maximum Gasteiger partial charge on any atom is 0.197 e. The summed E-state index contributed by atoms with van der Waals surface area (Å²) >= 11 is 3.11. The molecule has 2 nitrogen and oxygen atoms in total. The number of rotatable bonds is 1. The molecule has 0 saturated carbocycles. The molecule has 0 aliphatic carbocycles. The van der Waals surface area contributed by atoms with Crippen LogP contribution in [0.25, 0.3) is 0 Å². The summed E-state index contributed by atoms with van der Waals surface area (Å²) in [5, 5.41) is 9.35. The van der Waals surface area contributed by atoms with Gasteiger partial charge in [-0.15, -0.1) is 0 Å². The predicted octanol–water partition coefficient (Wildman–Crippen LogP) is 2.61. The van der Waals surface area contributed by atoms with Gasteiger partial charge in [0.2, 0.25) is 0 Å². The quantitative estimate of drug-likeness (QED) is 0.810. The van der Waals surface area contributed by atoms with E-state index in [4.69, 9.17) is 0 Å². The fourth-order valence-corrected chi connectivity index (χ4v) is 1.21. The van der Waals surface area contributed by atoms with Gasteiger partial charge in [-0.3, -0.25) is 0 Å². The molecule has 66 valence electrons. The summed E-state index contributed by atoms with van der Waals surface area (Å²) in [6.07, 6.45) is 0. The lowest BCUT2D eigenvalue weighted by Gasteiger charge is -2.07. The predicted molar refractivity (Wildman–Crippen MR) is 47.1 cm³/mol. The molecule has 0 aromatic heterocycles. The molecular formula is C8H8BrFO2. The van der Waals surface area contributed by atoms with Gasteiger partial charge in [0.25, 0.3) is 0 Å². The molecule has 0 heterocycles. The number of methoxy groups -OCH3 is 1. The summed E-state index contributed by atoms with van der Waals surface area (Å²) in [7, 11) is 1.31. The van der Waals surface area contributed by atoms with E-state index in [1.54, 1.807) is 6.92 Å². The van der Waals surface area contributed by atoms with Crippen LogP contribution in [0.4, 0.5) is 4.39 Å². The highest BCUT2D eigenvalue weighted by molar-refractivity contribution is 9.10. The Kier molecular flexibility index (Phi) is 2.57. The van der Waals surface area contributed by atoms with Crippen molar-refractivity contribution in [1.82, 2.24) is 0 Å². The van der Waals surface area contributed by atoms with Crippen molar-refractivity contribution in [3.05, 3.63) is 21.9 Å². The Hall–Kier alpha value is -0.770. The number of benzene rings is 1. The monoisotopic (exact) mass is 234 g/mol. The number of hydrogen-bond donors (Lipinski definition) is 1. The van der Waals surface area contributed by atoms with E-state index in [9.17, 15) is 9.50 Å². The minimum absolute atomic E-state index is 0.132. The highest BCUT2D eigenvalue weighted by Gasteiger charge is 2.14. The molecule has 0 saturated heterocycles. The molecule has 0 radical (unpaired) electrons. The van der Waals surface area contributed by atoms with Crippen molar-refractivity contribution in [1.29, 1.82) is 0 Å². The van der Waals surface area contributed by atoms with Gasteiger partial charge in [-0.05, 0) is 34.5 Å². The van der Waals surface area contributed by atoms with E-state index in [0.717, 1.165) is 0 Å². The highest BCUT2D eigenvalue weighted by atomic mass is 79.9. The number of hydrogen-bond acceptors (Lipinski definition) is 2. The maximum absolute atomic E-state index is 13.0. The fourth-order valence-electron chi connectivity index (χ4n) is 0.913. The van der Waals surface area contributed by atoms with E-state index >= 15 is 0 Å². The topological polar surface area (TPSA) is 29.5 Å². The summed E-state index contributed by atoms with van der Waals surface area (Å²) in [5.74, 6) is -0.891. The van der Waals surface area contributed by atoms with Crippen molar-refractivity contribution in [3.8, 4) is 11.5 Å². The summed E-state index contributed by atoms with van der Waals surface area (Å²) < 4.78 is 18.1. The number of halogens is 2. The highest BCUT2D eigenvalue weighted by Crippen LogP contribution is 2.38. The van der Waals surface area contributed by atoms with Gasteiger partial charge in [-0.25, -0.2) is 4.39 Å². The van der Waals surface area contributed by atoms with E-state index in [1.807, 2.05) is 0 Å². The standard InChI is InChI=1S/C8H8BrFO2/c1-4-3-5(10)8(12-2)7(11)6(4)9/h3,11H,1-2H3. The first-order valence-electron chi connectivity index (χ1n) is 3.29. The second-order valence-electron chi connectivity index (χ2n) is 2.37. The zero-order valence-corrected chi connectivity index (χ0v) is 8.27. The van der Waals surface area contributed by atoms with Gasteiger partial charge in [0, 0.05) is 0 Å². The Balaban J connectivity index is 3.40. The number of aromatic hydroxyl groups is 1. The Morgan fingerprint density at radius 2 is 2.17 bits per heavy atom. The van der Waals surface area contributed by atoms with Crippen LogP contribution in [0.3, 0.4) is 0 Å². The molecule has 0 spiro atoms. The number of aryl methyl sites for hydroxylation is 1. The second kappa shape index (κ2) is 3.31. The van der Waals surface area contributed by atoms with Crippen LogP contribution in [0.15, 0.2) is 10.5 Å². The number of ether oxygens (including phenoxy) is 1. The molecule has 0 unspecified atom stereocenters. The number of phenols is 1. The largest absolute Gasteiger partial charge is 0.503 e. The molecule has 0 fully saturated rings. The Bertz CT molecular complexity index is 312. The van der Waals surface area contributed by atoms with Crippen LogP contribution in [0.1, 0.15) is 5.56 Å². The normalized spacial score (nSPS) is 10.0. The van der Waals surface area contributed by atoms with Gasteiger partial charge in [-0.2, -0.15) is 0 Å². The third-order valence-electron chi connectivity index (χ3n) is 1.53. The maximum atomic E-state index is 13.0. The molecule has 12 heavy (non-hydrogen) atoms. The first-order valence-corrected chi connectivity index (χ1v) is 4.08. The molecule has 1 N–H and O–H groups in total. The summed E-state index contributed by atoms with van der Waals surface area (Å²) in [5.41, 5.74) is 0.630. The van der Waals surface area contributed by atoms with Crippen LogP contribution in [-0.4, -0.2) is 12.2 Å². The third kappa shape index (κ3) is 1.39. The van der Waals surface area contributed by atoms with Crippen molar-refractivity contribution in [2.45, 2.75) is 6.92 Å². The smallest absolute Gasteiger partial charge is 0.197 e. The van der Waals surface area contributed by atoms with E-state index in [-0.39, 0.29) is 11.5 Å². The van der Waals surface area contributed by atoms with Gasteiger partial charge in [0.15, 0.2) is 17.3 Å². The molecule has 0 bridgehead atoms. The van der Waals surface area contributed by atoms with Crippen LogP contribution in [0.2, 0.25) is 0 Å². The van der Waals surface area contributed by atoms with Crippen LogP contribution in [0, 0.1) is 12.7 Å². The van der Waals surface area contributed by atoms with Crippen molar-refractivity contribution >= 4 is 15.9 Å². The SMILES string of the molecule is COc1c(F)cc(C)c(Br)c1O. The molecule has 1 aromatic carbocycles. The van der Waals surface area contributed by atoms with Crippen molar-refractivity contribution in [2.75, 3.05) is 7.11 Å². The van der Waals surface area contributed by atoms with Gasteiger partial charge in [0.1, 0.15) is 0 Å². The Labute approximate surface area is 78.1 Å². The molecule has 0 amide bonds. The zero-order chi connectivity index (χ0) is 9.30. The average Bonchev–Trinajstić information content (AvgIpc) is 2.01. The average molecular weight is 235 g/mol. The first-order chi connectivity index (χ1) is 5.57. The van der Waals surface area contributed by atoms with Crippen molar-refractivity contribution in [2.24, 2.45) is 0 Å². The minimum atomic E-state index is -0.560. The third-order valence-corrected chi connectivity index (χ3v) is 2.53. The molecular weight excluding hydrogens is 227 g/mol. The molecule has 0 atom stereocenters. The minimum Gasteiger partial charge on any atom is -0.503 e. The lowest BCUT2D eigenvalue weighted by Crippen LogP contribution is -1.91. The summed E-state index contributed by atoms with van der Waals surface area (Å²) in [6.45, 7) is 1.69. The van der Waals surface area contributed by atoms with Gasteiger partial charge < -0.3 is 9.84 Å². The number of phenolic OH excluding ortho intramolecular Hbond substituents is 1. The molecule has 0 aliphatic heterocycles.